The van der Waals surface area contributed by atoms with Crippen LogP contribution < -0.4 is 4.74 Å². The number of hydrogen-bond acceptors (Lipinski definition) is 2. The van der Waals surface area contributed by atoms with Crippen LogP contribution in [0.15, 0.2) is 24.3 Å². The number of carbonyl (C=O) groups excluding carboxylic acids is 1. The van der Waals surface area contributed by atoms with Crippen LogP contribution in [0.25, 0.3) is 0 Å². The Balaban J connectivity index is 2.40. The molecule has 0 amide bonds. The molecule has 0 saturated heterocycles. The predicted molar refractivity (Wildman–Crippen MR) is 66.4 cm³/mol. The van der Waals surface area contributed by atoms with Crippen molar-refractivity contribution in [2.45, 2.75) is 26.2 Å². The fraction of sp³-hybridized carbons (Fsp3) is 0.462. The van der Waals surface area contributed by atoms with Crippen LogP contribution in [0.4, 0.5) is 0 Å². The SMILES string of the molecule is CC(C)c1ccc(OCCC(=O)CCl)cc1. The molecule has 88 valence electrons. The van der Waals surface area contributed by atoms with Gasteiger partial charge in [-0.2, -0.15) is 0 Å². The van der Waals surface area contributed by atoms with Gasteiger partial charge in [-0.25, -0.2) is 0 Å². The van der Waals surface area contributed by atoms with E-state index < -0.39 is 0 Å². The second kappa shape index (κ2) is 6.54. The molecule has 0 heterocycles. The summed E-state index contributed by atoms with van der Waals surface area (Å²) in [5, 5.41) is 0. The number of Topliss-reactive ketones (excluding diaryl/α,β-unsaturated/α-hetero) is 1. The van der Waals surface area contributed by atoms with E-state index in [0.29, 0.717) is 18.9 Å². The van der Waals surface area contributed by atoms with Gasteiger partial charge in [-0.05, 0) is 23.6 Å². The minimum Gasteiger partial charge on any atom is -0.493 e. The molecule has 2 nitrogen and oxygen atoms in total. The van der Waals surface area contributed by atoms with Crippen molar-refractivity contribution in [3.63, 3.8) is 0 Å². The van der Waals surface area contributed by atoms with E-state index in [-0.39, 0.29) is 11.7 Å². The summed E-state index contributed by atoms with van der Waals surface area (Å²) in [7, 11) is 0. The summed E-state index contributed by atoms with van der Waals surface area (Å²) in [6.07, 6.45) is 0.370. The molecule has 0 N–H and O–H groups in total. The Kier molecular flexibility index (Phi) is 5.33. The molecule has 0 aliphatic carbocycles. The molecule has 0 atom stereocenters. The number of hydrogen-bond donors (Lipinski definition) is 0. The van der Waals surface area contributed by atoms with Gasteiger partial charge in [-0.1, -0.05) is 26.0 Å². The summed E-state index contributed by atoms with van der Waals surface area (Å²) < 4.78 is 5.43. The Bertz CT molecular complexity index is 330. The molecule has 0 aromatic heterocycles. The fourth-order valence-corrected chi connectivity index (χ4v) is 1.43. The summed E-state index contributed by atoms with van der Waals surface area (Å²) >= 11 is 5.38. The monoisotopic (exact) mass is 240 g/mol. The van der Waals surface area contributed by atoms with Crippen molar-refractivity contribution in [2.24, 2.45) is 0 Å². The van der Waals surface area contributed by atoms with Crippen LogP contribution in [0.5, 0.6) is 5.75 Å². The van der Waals surface area contributed by atoms with Crippen molar-refractivity contribution in [3.05, 3.63) is 29.8 Å². The van der Waals surface area contributed by atoms with E-state index in [1.807, 2.05) is 24.3 Å². The van der Waals surface area contributed by atoms with Crippen LogP contribution in [0.2, 0.25) is 0 Å². The van der Waals surface area contributed by atoms with E-state index >= 15 is 0 Å². The number of rotatable bonds is 6. The summed E-state index contributed by atoms with van der Waals surface area (Å²) in [6.45, 7) is 4.69. The smallest absolute Gasteiger partial charge is 0.150 e. The fourth-order valence-electron chi connectivity index (χ4n) is 1.30. The summed E-state index contributed by atoms with van der Waals surface area (Å²) in [4.78, 5) is 10.9. The van der Waals surface area contributed by atoms with E-state index in [0.717, 1.165) is 5.75 Å². The van der Waals surface area contributed by atoms with E-state index in [4.69, 9.17) is 16.3 Å². The van der Waals surface area contributed by atoms with E-state index in [1.165, 1.54) is 5.56 Å². The van der Waals surface area contributed by atoms with Crippen LogP contribution in [0.1, 0.15) is 31.7 Å². The van der Waals surface area contributed by atoms with Crippen LogP contribution in [-0.2, 0) is 4.79 Å². The van der Waals surface area contributed by atoms with Crippen LogP contribution in [-0.4, -0.2) is 18.3 Å². The third-order valence-electron chi connectivity index (χ3n) is 2.35. The number of ether oxygens (including phenoxy) is 1. The molecular weight excluding hydrogens is 224 g/mol. The second-order valence-electron chi connectivity index (χ2n) is 3.99. The first-order valence-electron chi connectivity index (χ1n) is 5.44. The zero-order valence-electron chi connectivity index (χ0n) is 9.70. The second-order valence-corrected chi connectivity index (χ2v) is 4.26. The van der Waals surface area contributed by atoms with Crippen molar-refractivity contribution in [2.75, 3.05) is 12.5 Å². The van der Waals surface area contributed by atoms with Gasteiger partial charge in [0.1, 0.15) is 5.75 Å². The quantitative estimate of drug-likeness (QED) is 0.713. The molecule has 3 heteroatoms. The third kappa shape index (κ3) is 4.23. The Labute approximate surface area is 102 Å². The number of benzene rings is 1. The highest BCUT2D eigenvalue weighted by Gasteiger charge is 2.01. The molecule has 0 saturated carbocycles. The van der Waals surface area contributed by atoms with Gasteiger partial charge >= 0.3 is 0 Å². The molecule has 0 fully saturated rings. The first-order chi connectivity index (χ1) is 7.63. The van der Waals surface area contributed by atoms with Gasteiger partial charge in [-0.3, -0.25) is 4.79 Å². The van der Waals surface area contributed by atoms with Crippen molar-refractivity contribution in [1.29, 1.82) is 0 Å². The zero-order chi connectivity index (χ0) is 12.0. The molecule has 0 aliphatic heterocycles. The molecule has 1 aromatic rings. The first-order valence-corrected chi connectivity index (χ1v) is 5.97. The number of halogens is 1. The average molecular weight is 241 g/mol. The summed E-state index contributed by atoms with van der Waals surface area (Å²) in [5.74, 6) is 1.40. The van der Waals surface area contributed by atoms with Crippen molar-refractivity contribution < 1.29 is 9.53 Å². The largest absolute Gasteiger partial charge is 0.493 e. The Morgan fingerprint density at radius 2 is 1.94 bits per heavy atom. The van der Waals surface area contributed by atoms with Crippen molar-refractivity contribution >= 4 is 17.4 Å². The number of ketones is 1. The lowest BCUT2D eigenvalue weighted by atomic mass is 10.0. The van der Waals surface area contributed by atoms with Crippen LogP contribution in [0, 0.1) is 0 Å². The van der Waals surface area contributed by atoms with Crippen molar-refractivity contribution in [1.82, 2.24) is 0 Å². The Morgan fingerprint density at radius 1 is 1.31 bits per heavy atom. The molecule has 0 bridgehead atoms. The van der Waals surface area contributed by atoms with Gasteiger partial charge in [0.25, 0.3) is 0 Å². The normalized spacial score (nSPS) is 10.5. The molecule has 1 rings (SSSR count). The molecule has 0 radical (unpaired) electrons. The molecule has 0 spiro atoms. The lowest BCUT2D eigenvalue weighted by Gasteiger charge is -2.08. The molecular formula is C13H17ClO2. The highest BCUT2D eigenvalue weighted by molar-refractivity contribution is 6.27. The first kappa shape index (κ1) is 13.0. The van der Waals surface area contributed by atoms with E-state index in [9.17, 15) is 4.79 Å². The third-order valence-corrected chi connectivity index (χ3v) is 2.64. The minimum absolute atomic E-state index is 0.0143. The van der Waals surface area contributed by atoms with Gasteiger partial charge in [0, 0.05) is 6.42 Å². The van der Waals surface area contributed by atoms with Crippen LogP contribution in [0.3, 0.4) is 0 Å². The van der Waals surface area contributed by atoms with Gasteiger partial charge in [0.05, 0.1) is 12.5 Å². The van der Waals surface area contributed by atoms with Gasteiger partial charge < -0.3 is 4.74 Å². The van der Waals surface area contributed by atoms with Gasteiger partial charge in [0.15, 0.2) is 5.78 Å². The van der Waals surface area contributed by atoms with E-state index in [2.05, 4.69) is 13.8 Å². The lowest BCUT2D eigenvalue weighted by molar-refractivity contribution is -0.117. The van der Waals surface area contributed by atoms with Crippen molar-refractivity contribution in [3.8, 4) is 5.75 Å². The predicted octanol–water partition coefficient (Wildman–Crippen LogP) is 3.39. The molecule has 0 unspecified atom stereocenters. The minimum atomic E-state index is 0.0143. The summed E-state index contributed by atoms with van der Waals surface area (Å²) in [6, 6.07) is 7.95. The number of carbonyl (C=O) groups is 1. The lowest BCUT2D eigenvalue weighted by Crippen LogP contribution is -2.07. The van der Waals surface area contributed by atoms with E-state index in [1.54, 1.807) is 0 Å². The Morgan fingerprint density at radius 3 is 2.44 bits per heavy atom. The molecule has 0 aliphatic rings. The van der Waals surface area contributed by atoms with Gasteiger partial charge in [0.2, 0.25) is 0 Å². The summed E-state index contributed by atoms with van der Waals surface area (Å²) in [5.41, 5.74) is 1.28. The Hall–Kier alpha value is -1.02. The average Bonchev–Trinajstić information content (AvgIpc) is 2.29. The number of alkyl halides is 1. The highest BCUT2D eigenvalue weighted by atomic mass is 35.5. The van der Waals surface area contributed by atoms with Gasteiger partial charge in [-0.15, -0.1) is 11.6 Å². The molecule has 16 heavy (non-hydrogen) atoms. The molecule has 1 aromatic carbocycles. The maximum atomic E-state index is 10.9. The standard InChI is InChI=1S/C13H17ClO2/c1-10(2)11-3-5-13(6-4-11)16-8-7-12(15)9-14/h3-6,10H,7-9H2,1-2H3. The zero-order valence-corrected chi connectivity index (χ0v) is 10.5. The maximum absolute atomic E-state index is 10.9. The topological polar surface area (TPSA) is 26.3 Å². The van der Waals surface area contributed by atoms with Crippen LogP contribution >= 0.6 is 11.6 Å². The highest BCUT2D eigenvalue weighted by Crippen LogP contribution is 2.18. The maximum Gasteiger partial charge on any atom is 0.150 e.